The maximum Gasteiger partial charge on any atom is 0.255 e. The number of halogens is 1. The van der Waals surface area contributed by atoms with Crippen LogP contribution < -0.4 is 10.6 Å². The molecule has 0 fully saturated rings. The lowest BCUT2D eigenvalue weighted by atomic mass is 10.0. The van der Waals surface area contributed by atoms with Crippen LogP contribution in [0.2, 0.25) is 0 Å². The molecule has 0 bridgehead atoms. The molecule has 184 valence electrons. The van der Waals surface area contributed by atoms with Crippen LogP contribution in [0.5, 0.6) is 0 Å². The zero-order valence-corrected chi connectivity index (χ0v) is 20.1. The van der Waals surface area contributed by atoms with Crippen molar-refractivity contribution in [2.24, 2.45) is 0 Å². The highest BCUT2D eigenvalue weighted by atomic mass is 19.1. The Morgan fingerprint density at radius 2 is 1.97 bits per heavy atom. The van der Waals surface area contributed by atoms with Gasteiger partial charge in [0.2, 0.25) is 0 Å². The number of carbonyl (C=O) groups excluding carboxylic acids is 2. The molecule has 0 radical (unpaired) electrons. The maximum atomic E-state index is 13.5. The summed E-state index contributed by atoms with van der Waals surface area (Å²) in [5.41, 5.74) is 3.51. The number of aromatic nitrogens is 2. The van der Waals surface area contributed by atoms with Gasteiger partial charge in [-0.1, -0.05) is 24.3 Å². The minimum absolute atomic E-state index is 0.125. The number of imidazole rings is 1. The summed E-state index contributed by atoms with van der Waals surface area (Å²) in [5, 5.41) is 13.3. The summed E-state index contributed by atoms with van der Waals surface area (Å²) >= 11 is 0. The number of hydrogen-bond donors (Lipinski definition) is 3. The highest BCUT2D eigenvalue weighted by Crippen LogP contribution is 2.28. The Bertz CT molecular complexity index is 1250. The average Bonchev–Trinajstić information content (AvgIpc) is 3.42. The van der Waals surface area contributed by atoms with E-state index < -0.39 is 12.7 Å². The summed E-state index contributed by atoms with van der Waals surface area (Å²) in [6.45, 7) is 5.29. The number of alkyl halides is 1. The molecule has 35 heavy (non-hydrogen) atoms. The van der Waals surface area contributed by atoms with Crippen LogP contribution >= 0.6 is 0 Å². The largest absolute Gasteiger partial charge is 0.372 e. The Labute approximate surface area is 204 Å². The van der Waals surface area contributed by atoms with Gasteiger partial charge in [-0.05, 0) is 50.5 Å². The lowest BCUT2D eigenvalue weighted by Gasteiger charge is -2.21. The van der Waals surface area contributed by atoms with E-state index in [2.05, 4.69) is 15.2 Å². The first-order valence-corrected chi connectivity index (χ1v) is 12.0. The monoisotopic (exact) mass is 478 g/mol. The number of hydrogen-bond acceptors (Lipinski definition) is 4. The van der Waals surface area contributed by atoms with E-state index in [9.17, 15) is 14.0 Å². The van der Waals surface area contributed by atoms with Crippen LogP contribution in [0, 0.1) is 5.41 Å². The molecule has 3 aromatic rings. The molecule has 2 heterocycles. The molecule has 2 aromatic carbocycles. The standard InChI is InChI=1S/C26H31FN6O2/c1-3-32-16-17-9-7-10-18(23(17)26(32)35)25(34)31-20(12-8-14-29-22(28)15-27)24-30-19-11-5-6-13-21(19)33(24)4-2/h5-7,9-11,13,20H,3-4,8,12,14-16H2,1-2H3,(H2,28,29)(H,31,34). The molecule has 0 saturated heterocycles. The average molecular weight is 479 g/mol. The van der Waals surface area contributed by atoms with E-state index in [-0.39, 0.29) is 17.6 Å². The number of aryl methyl sites for hydroxylation is 1. The quantitative estimate of drug-likeness (QED) is 0.234. The topological polar surface area (TPSA) is 103 Å². The van der Waals surface area contributed by atoms with Crippen molar-refractivity contribution < 1.29 is 14.0 Å². The predicted molar refractivity (Wildman–Crippen MR) is 133 cm³/mol. The van der Waals surface area contributed by atoms with E-state index in [1.54, 1.807) is 11.0 Å². The molecule has 8 nitrogen and oxygen atoms in total. The van der Waals surface area contributed by atoms with Crippen molar-refractivity contribution in [1.82, 2.24) is 25.1 Å². The molecule has 0 saturated carbocycles. The predicted octanol–water partition coefficient (Wildman–Crippen LogP) is 3.82. The number of amidine groups is 1. The van der Waals surface area contributed by atoms with Crippen molar-refractivity contribution in [2.45, 2.75) is 45.8 Å². The first kappa shape index (κ1) is 24.4. The minimum Gasteiger partial charge on any atom is -0.372 e. The van der Waals surface area contributed by atoms with Crippen molar-refractivity contribution in [2.75, 3.05) is 19.8 Å². The van der Waals surface area contributed by atoms with Gasteiger partial charge < -0.3 is 20.1 Å². The molecule has 9 heteroatoms. The van der Waals surface area contributed by atoms with Crippen molar-refractivity contribution in [3.63, 3.8) is 0 Å². The third-order valence-electron chi connectivity index (χ3n) is 6.40. The first-order valence-electron chi connectivity index (χ1n) is 12.0. The van der Waals surface area contributed by atoms with Crippen LogP contribution in [0.15, 0.2) is 42.5 Å². The highest BCUT2D eigenvalue weighted by molar-refractivity contribution is 6.09. The molecule has 4 rings (SSSR count). The summed E-state index contributed by atoms with van der Waals surface area (Å²) in [4.78, 5) is 33.0. The van der Waals surface area contributed by atoms with E-state index >= 15 is 0 Å². The molecule has 0 spiro atoms. The molecule has 1 aliphatic heterocycles. The van der Waals surface area contributed by atoms with Crippen LogP contribution in [0.3, 0.4) is 0 Å². The van der Waals surface area contributed by atoms with Crippen LogP contribution in [0.25, 0.3) is 11.0 Å². The van der Waals surface area contributed by atoms with Gasteiger partial charge in [0.15, 0.2) is 0 Å². The zero-order chi connectivity index (χ0) is 24.9. The van der Waals surface area contributed by atoms with E-state index in [1.807, 2.05) is 50.2 Å². The summed E-state index contributed by atoms with van der Waals surface area (Å²) < 4.78 is 14.7. The molecular weight excluding hydrogens is 447 g/mol. The van der Waals surface area contributed by atoms with Gasteiger partial charge in [0, 0.05) is 26.2 Å². The summed E-state index contributed by atoms with van der Waals surface area (Å²) in [5.74, 6) is 0.124. The molecule has 1 atom stereocenters. The van der Waals surface area contributed by atoms with Gasteiger partial charge in [0.05, 0.1) is 28.2 Å². The number of fused-ring (bicyclic) bond motifs is 2. The number of nitrogens with one attached hydrogen (secondary N) is 3. The van der Waals surface area contributed by atoms with Gasteiger partial charge >= 0.3 is 0 Å². The van der Waals surface area contributed by atoms with Gasteiger partial charge in [-0.15, -0.1) is 0 Å². The van der Waals surface area contributed by atoms with Crippen LogP contribution in [0.4, 0.5) is 4.39 Å². The second-order valence-corrected chi connectivity index (χ2v) is 8.57. The summed E-state index contributed by atoms with van der Waals surface area (Å²) in [7, 11) is 0. The Balaban J connectivity index is 1.63. The Morgan fingerprint density at radius 3 is 2.71 bits per heavy atom. The molecule has 1 aromatic heterocycles. The first-order chi connectivity index (χ1) is 17.0. The fourth-order valence-corrected chi connectivity index (χ4v) is 4.65. The Kier molecular flexibility index (Phi) is 7.43. The number of nitrogens with zero attached hydrogens (tertiary/aromatic N) is 3. The normalized spacial score (nSPS) is 13.7. The second-order valence-electron chi connectivity index (χ2n) is 8.57. The number of carbonyl (C=O) groups is 2. The third-order valence-corrected chi connectivity index (χ3v) is 6.40. The van der Waals surface area contributed by atoms with E-state index in [0.717, 1.165) is 22.4 Å². The fourth-order valence-electron chi connectivity index (χ4n) is 4.65. The van der Waals surface area contributed by atoms with Crippen LogP contribution in [0.1, 0.15) is 64.8 Å². The van der Waals surface area contributed by atoms with Crippen LogP contribution in [-0.4, -0.2) is 51.9 Å². The molecule has 3 N–H and O–H groups in total. The van der Waals surface area contributed by atoms with Gasteiger partial charge in [0.25, 0.3) is 11.8 Å². The van der Waals surface area contributed by atoms with E-state index in [1.165, 1.54) is 0 Å². The smallest absolute Gasteiger partial charge is 0.255 e. The fraction of sp³-hybridized carbons (Fsp3) is 0.385. The number of rotatable bonds is 10. The molecule has 1 aliphatic rings. The molecule has 2 amide bonds. The minimum atomic E-state index is -0.840. The molecule has 1 unspecified atom stereocenters. The second kappa shape index (κ2) is 10.7. The van der Waals surface area contributed by atoms with E-state index in [4.69, 9.17) is 10.4 Å². The number of para-hydroxylation sites is 2. The van der Waals surface area contributed by atoms with Gasteiger partial charge in [0.1, 0.15) is 18.3 Å². The number of amides is 2. The lowest BCUT2D eigenvalue weighted by molar-refractivity contribution is 0.0780. The Morgan fingerprint density at radius 1 is 1.17 bits per heavy atom. The highest BCUT2D eigenvalue weighted by Gasteiger charge is 2.32. The lowest BCUT2D eigenvalue weighted by Crippen LogP contribution is -2.33. The van der Waals surface area contributed by atoms with Gasteiger partial charge in [-0.25, -0.2) is 9.37 Å². The maximum absolute atomic E-state index is 13.5. The zero-order valence-electron chi connectivity index (χ0n) is 20.1. The van der Waals surface area contributed by atoms with Gasteiger partial charge in [-0.3, -0.25) is 15.0 Å². The molecular formula is C26H31FN6O2. The van der Waals surface area contributed by atoms with Crippen LogP contribution in [-0.2, 0) is 13.1 Å². The number of benzene rings is 2. The van der Waals surface area contributed by atoms with Gasteiger partial charge in [-0.2, -0.15) is 0 Å². The Hall–Kier alpha value is -3.75. The van der Waals surface area contributed by atoms with Crippen molar-refractivity contribution in [3.8, 4) is 0 Å². The van der Waals surface area contributed by atoms with Crippen molar-refractivity contribution >= 4 is 28.7 Å². The SMILES string of the molecule is CCN1Cc2cccc(C(=O)NC(CCCNC(=N)CF)c3nc4ccccc4n3CC)c2C1=O. The van der Waals surface area contributed by atoms with Crippen molar-refractivity contribution in [1.29, 1.82) is 5.41 Å². The summed E-state index contributed by atoms with van der Waals surface area (Å²) in [6.07, 6.45) is 1.13. The van der Waals surface area contributed by atoms with E-state index in [0.29, 0.717) is 50.1 Å². The molecule has 0 aliphatic carbocycles. The third kappa shape index (κ3) is 4.89. The van der Waals surface area contributed by atoms with Crippen molar-refractivity contribution in [3.05, 3.63) is 65.0 Å². The summed E-state index contributed by atoms with van der Waals surface area (Å²) in [6, 6.07) is 12.8.